The summed E-state index contributed by atoms with van der Waals surface area (Å²) in [6, 6.07) is 5.10. The number of hydrogen-bond donors (Lipinski definition) is 1. The van der Waals surface area contributed by atoms with E-state index in [1.165, 1.54) is 25.0 Å². The fourth-order valence-electron chi connectivity index (χ4n) is 3.59. The van der Waals surface area contributed by atoms with Crippen molar-refractivity contribution >= 4 is 0 Å². The van der Waals surface area contributed by atoms with Gasteiger partial charge in [-0.1, -0.05) is 27.2 Å². The van der Waals surface area contributed by atoms with Crippen LogP contribution in [0.5, 0.6) is 0 Å². The molecule has 1 aromatic heterocycles. The van der Waals surface area contributed by atoms with Gasteiger partial charge in [-0.3, -0.25) is 0 Å². The molecule has 1 fully saturated rings. The Morgan fingerprint density at radius 2 is 2.16 bits per heavy atom. The highest BCUT2D eigenvalue weighted by molar-refractivity contribution is 5.07. The van der Waals surface area contributed by atoms with Crippen LogP contribution in [0.25, 0.3) is 0 Å². The smallest absolute Gasteiger partial charge is 0.0361 e. The Balaban J connectivity index is 1.95. The molecule has 1 N–H and O–H groups in total. The molecule has 1 aliphatic carbocycles. The monoisotopic (exact) mass is 262 g/mol. The maximum atomic E-state index is 3.84. The Morgan fingerprint density at radius 3 is 2.84 bits per heavy atom. The molecule has 0 spiro atoms. The molecule has 3 unspecified atom stereocenters. The molecule has 108 valence electrons. The quantitative estimate of drug-likeness (QED) is 0.847. The van der Waals surface area contributed by atoms with Gasteiger partial charge in [0.2, 0.25) is 0 Å². The van der Waals surface area contributed by atoms with Gasteiger partial charge in [0, 0.05) is 31.0 Å². The largest absolute Gasteiger partial charge is 0.351 e. The van der Waals surface area contributed by atoms with Crippen LogP contribution in [0.2, 0.25) is 0 Å². The number of nitrogens with zero attached hydrogens (tertiary/aromatic N) is 1. The van der Waals surface area contributed by atoms with Crippen LogP contribution in [0.1, 0.15) is 52.7 Å². The molecule has 0 aromatic carbocycles. The number of nitrogens with one attached hydrogen (secondary N) is 1. The normalized spacial score (nSPS) is 27.9. The van der Waals surface area contributed by atoms with Gasteiger partial charge >= 0.3 is 0 Å². The third-order valence-corrected chi connectivity index (χ3v) is 4.83. The lowest BCUT2D eigenvalue weighted by Gasteiger charge is -2.38. The van der Waals surface area contributed by atoms with Crippen molar-refractivity contribution in [1.82, 2.24) is 9.88 Å². The summed E-state index contributed by atoms with van der Waals surface area (Å²) in [7, 11) is 0. The van der Waals surface area contributed by atoms with Crippen LogP contribution in [-0.4, -0.2) is 10.6 Å². The van der Waals surface area contributed by atoms with Crippen molar-refractivity contribution in [3.8, 4) is 0 Å². The average Bonchev–Trinajstić information content (AvgIpc) is 2.83. The highest BCUT2D eigenvalue weighted by Crippen LogP contribution is 2.33. The molecule has 0 radical (unpaired) electrons. The number of hydrogen-bond acceptors (Lipinski definition) is 1. The first kappa shape index (κ1) is 14.6. The second-order valence-electron chi connectivity index (χ2n) is 6.60. The topological polar surface area (TPSA) is 17.0 Å². The number of rotatable bonds is 5. The maximum absolute atomic E-state index is 3.84. The standard InChI is InChI=1S/C17H30N2/c1-5-19-10-6-7-15(19)12-18-17-11-14(4)8-9-16(17)13(2)3/h6-7,10,13-14,16-18H,5,8-9,11-12H2,1-4H3. The van der Waals surface area contributed by atoms with E-state index in [9.17, 15) is 0 Å². The van der Waals surface area contributed by atoms with Crippen LogP contribution in [0.15, 0.2) is 18.3 Å². The van der Waals surface area contributed by atoms with Crippen molar-refractivity contribution in [1.29, 1.82) is 0 Å². The predicted molar refractivity (Wildman–Crippen MR) is 82.1 cm³/mol. The Bertz CT molecular complexity index is 380. The highest BCUT2D eigenvalue weighted by Gasteiger charge is 2.30. The van der Waals surface area contributed by atoms with Gasteiger partial charge in [0.25, 0.3) is 0 Å². The molecule has 0 aliphatic heterocycles. The van der Waals surface area contributed by atoms with E-state index in [-0.39, 0.29) is 0 Å². The SMILES string of the molecule is CCn1cccc1CNC1CC(C)CCC1C(C)C. The summed E-state index contributed by atoms with van der Waals surface area (Å²) in [5, 5.41) is 3.84. The average molecular weight is 262 g/mol. The zero-order chi connectivity index (χ0) is 13.8. The van der Waals surface area contributed by atoms with Crippen LogP contribution in [0.3, 0.4) is 0 Å². The van der Waals surface area contributed by atoms with E-state index < -0.39 is 0 Å². The van der Waals surface area contributed by atoms with Gasteiger partial charge in [0.1, 0.15) is 0 Å². The van der Waals surface area contributed by atoms with E-state index in [2.05, 4.69) is 55.9 Å². The van der Waals surface area contributed by atoms with Gasteiger partial charge in [-0.15, -0.1) is 0 Å². The maximum Gasteiger partial charge on any atom is 0.0361 e. The van der Waals surface area contributed by atoms with Crippen molar-refractivity contribution < 1.29 is 0 Å². The van der Waals surface area contributed by atoms with E-state index in [1.807, 2.05) is 0 Å². The zero-order valence-corrected chi connectivity index (χ0v) is 13.0. The van der Waals surface area contributed by atoms with E-state index in [1.54, 1.807) is 0 Å². The molecule has 2 heteroatoms. The fraction of sp³-hybridized carbons (Fsp3) is 0.765. The molecule has 1 aromatic rings. The first-order chi connectivity index (χ1) is 9.11. The van der Waals surface area contributed by atoms with Gasteiger partial charge in [-0.05, 0) is 49.7 Å². The minimum Gasteiger partial charge on any atom is -0.351 e. The molecule has 3 atom stereocenters. The van der Waals surface area contributed by atoms with E-state index >= 15 is 0 Å². The Kier molecular flexibility index (Phi) is 5.09. The van der Waals surface area contributed by atoms with Gasteiger partial charge < -0.3 is 9.88 Å². The van der Waals surface area contributed by atoms with Gasteiger partial charge in [-0.25, -0.2) is 0 Å². The summed E-state index contributed by atoms with van der Waals surface area (Å²) in [6.07, 6.45) is 6.33. The zero-order valence-electron chi connectivity index (χ0n) is 13.0. The Labute approximate surface area is 118 Å². The lowest BCUT2D eigenvalue weighted by atomic mass is 9.74. The molecule has 1 saturated carbocycles. The van der Waals surface area contributed by atoms with Gasteiger partial charge in [-0.2, -0.15) is 0 Å². The molecule has 0 amide bonds. The van der Waals surface area contributed by atoms with Crippen LogP contribution in [-0.2, 0) is 13.1 Å². The summed E-state index contributed by atoms with van der Waals surface area (Å²) >= 11 is 0. The van der Waals surface area contributed by atoms with Crippen molar-refractivity contribution in [2.45, 2.75) is 66.1 Å². The van der Waals surface area contributed by atoms with Gasteiger partial charge in [0.15, 0.2) is 0 Å². The number of aryl methyl sites for hydroxylation is 1. The molecule has 0 saturated heterocycles. The molecule has 0 bridgehead atoms. The first-order valence-electron chi connectivity index (χ1n) is 7.99. The summed E-state index contributed by atoms with van der Waals surface area (Å²) < 4.78 is 2.34. The minimum absolute atomic E-state index is 0.698. The second-order valence-corrected chi connectivity index (χ2v) is 6.60. The minimum atomic E-state index is 0.698. The fourth-order valence-corrected chi connectivity index (χ4v) is 3.59. The van der Waals surface area contributed by atoms with Crippen molar-refractivity contribution in [2.24, 2.45) is 17.8 Å². The molecule has 1 aliphatic rings. The summed E-state index contributed by atoms with van der Waals surface area (Å²) in [5.74, 6) is 2.52. The lowest BCUT2D eigenvalue weighted by Crippen LogP contribution is -2.42. The number of aromatic nitrogens is 1. The summed E-state index contributed by atoms with van der Waals surface area (Å²) in [5.41, 5.74) is 1.42. The predicted octanol–water partition coefficient (Wildman–Crippen LogP) is 4.06. The van der Waals surface area contributed by atoms with Gasteiger partial charge in [0.05, 0.1) is 0 Å². The Hall–Kier alpha value is -0.760. The first-order valence-corrected chi connectivity index (χ1v) is 7.99. The molecule has 2 nitrogen and oxygen atoms in total. The molecule has 19 heavy (non-hydrogen) atoms. The lowest BCUT2D eigenvalue weighted by molar-refractivity contribution is 0.168. The third-order valence-electron chi connectivity index (χ3n) is 4.83. The molecule has 2 rings (SSSR count). The Morgan fingerprint density at radius 1 is 1.37 bits per heavy atom. The third kappa shape index (κ3) is 3.62. The summed E-state index contributed by atoms with van der Waals surface area (Å²) in [6.45, 7) is 11.5. The van der Waals surface area contributed by atoms with Crippen molar-refractivity contribution in [2.75, 3.05) is 0 Å². The van der Waals surface area contributed by atoms with E-state index in [0.29, 0.717) is 6.04 Å². The van der Waals surface area contributed by atoms with Crippen LogP contribution in [0.4, 0.5) is 0 Å². The van der Waals surface area contributed by atoms with E-state index in [4.69, 9.17) is 0 Å². The molecular formula is C17H30N2. The summed E-state index contributed by atoms with van der Waals surface area (Å²) in [4.78, 5) is 0. The molecule has 1 heterocycles. The van der Waals surface area contributed by atoms with Crippen LogP contribution >= 0.6 is 0 Å². The van der Waals surface area contributed by atoms with E-state index in [0.717, 1.165) is 30.8 Å². The van der Waals surface area contributed by atoms with Crippen LogP contribution in [0, 0.1) is 17.8 Å². The second kappa shape index (κ2) is 6.60. The molecular weight excluding hydrogens is 232 g/mol. The van der Waals surface area contributed by atoms with Crippen molar-refractivity contribution in [3.63, 3.8) is 0 Å². The van der Waals surface area contributed by atoms with Crippen LogP contribution < -0.4 is 5.32 Å². The van der Waals surface area contributed by atoms with Crippen molar-refractivity contribution in [3.05, 3.63) is 24.0 Å². The highest BCUT2D eigenvalue weighted by atomic mass is 15.0.